The van der Waals surface area contributed by atoms with Gasteiger partial charge in [-0.2, -0.15) is 5.10 Å². The molecule has 142 valence electrons. The second-order valence-corrected chi connectivity index (χ2v) is 6.46. The van der Waals surface area contributed by atoms with Crippen molar-refractivity contribution in [1.82, 2.24) is 24.6 Å². The fraction of sp³-hybridized carbons (Fsp3) is 0.421. The third-order valence-corrected chi connectivity index (χ3v) is 4.76. The molecule has 1 aliphatic rings. The molecule has 1 aliphatic heterocycles. The van der Waals surface area contributed by atoms with Gasteiger partial charge in [0.05, 0.1) is 12.7 Å². The summed E-state index contributed by atoms with van der Waals surface area (Å²) in [6.45, 7) is 7.12. The molecule has 8 nitrogen and oxygen atoms in total. The fourth-order valence-electron chi connectivity index (χ4n) is 3.41. The van der Waals surface area contributed by atoms with Crippen LogP contribution in [0.2, 0.25) is 0 Å². The molecule has 0 unspecified atom stereocenters. The maximum absolute atomic E-state index is 13.0. The predicted octanol–water partition coefficient (Wildman–Crippen LogP) is 1.10. The number of fused-ring (bicyclic) bond motifs is 1. The van der Waals surface area contributed by atoms with E-state index in [0.717, 1.165) is 37.9 Å². The molecule has 1 saturated heterocycles. The van der Waals surface area contributed by atoms with Crippen LogP contribution in [0.15, 0.2) is 41.3 Å². The first kappa shape index (κ1) is 17.5. The maximum atomic E-state index is 13.0. The van der Waals surface area contributed by atoms with Crippen LogP contribution in [0.25, 0.3) is 11.0 Å². The molecular weight excluding hydrogens is 344 g/mol. The van der Waals surface area contributed by atoms with Gasteiger partial charge in [0.15, 0.2) is 0 Å². The number of anilines is 1. The van der Waals surface area contributed by atoms with E-state index < -0.39 is 0 Å². The fourth-order valence-corrected chi connectivity index (χ4v) is 3.41. The summed E-state index contributed by atoms with van der Waals surface area (Å²) in [5.41, 5.74) is 1.14. The van der Waals surface area contributed by atoms with Crippen LogP contribution in [0.5, 0.6) is 5.75 Å². The lowest BCUT2D eigenvalue weighted by molar-refractivity contribution is 0.288. The van der Waals surface area contributed by atoms with E-state index in [1.54, 1.807) is 6.20 Å². The zero-order valence-corrected chi connectivity index (χ0v) is 15.5. The Balaban J connectivity index is 1.59. The summed E-state index contributed by atoms with van der Waals surface area (Å²) in [4.78, 5) is 19.9. The van der Waals surface area contributed by atoms with E-state index >= 15 is 0 Å². The van der Waals surface area contributed by atoms with Gasteiger partial charge in [0.2, 0.25) is 5.95 Å². The van der Waals surface area contributed by atoms with Crippen LogP contribution < -0.4 is 20.5 Å². The zero-order chi connectivity index (χ0) is 18.6. The highest BCUT2D eigenvalue weighted by Gasteiger charge is 2.21. The first-order valence-corrected chi connectivity index (χ1v) is 9.38. The molecule has 0 aliphatic carbocycles. The monoisotopic (exact) mass is 368 g/mol. The number of imidazole rings is 1. The van der Waals surface area contributed by atoms with Crippen LogP contribution in [0.4, 0.5) is 5.95 Å². The number of piperazine rings is 1. The zero-order valence-electron chi connectivity index (χ0n) is 15.5. The number of hydrogen-bond donors (Lipinski definition) is 1. The molecule has 0 atom stereocenters. The quantitative estimate of drug-likeness (QED) is 0.702. The van der Waals surface area contributed by atoms with Gasteiger partial charge in [0.25, 0.3) is 5.56 Å². The van der Waals surface area contributed by atoms with Crippen molar-refractivity contribution in [2.75, 3.05) is 37.7 Å². The molecule has 0 saturated carbocycles. The topological polar surface area (TPSA) is 77.2 Å². The van der Waals surface area contributed by atoms with E-state index in [0.29, 0.717) is 30.7 Å². The minimum absolute atomic E-state index is 0.125. The van der Waals surface area contributed by atoms with E-state index in [2.05, 4.69) is 15.3 Å². The maximum Gasteiger partial charge on any atom is 0.293 e. The minimum atomic E-state index is -0.125. The number of aryl methyl sites for hydroxylation is 1. The SMILES string of the molecule is CCn1c(N2CCNCC2)nc2cnn(CCOc3ccccc3)c(=O)c21. The Hall–Kier alpha value is -2.87. The molecule has 0 radical (unpaired) electrons. The van der Waals surface area contributed by atoms with Crippen molar-refractivity contribution in [3.63, 3.8) is 0 Å². The number of hydrogen-bond acceptors (Lipinski definition) is 6. The van der Waals surface area contributed by atoms with Gasteiger partial charge in [-0.25, -0.2) is 9.67 Å². The average molecular weight is 368 g/mol. The van der Waals surface area contributed by atoms with E-state index in [9.17, 15) is 4.79 Å². The van der Waals surface area contributed by atoms with Gasteiger partial charge < -0.3 is 19.5 Å². The van der Waals surface area contributed by atoms with Crippen molar-refractivity contribution in [1.29, 1.82) is 0 Å². The predicted molar refractivity (Wildman–Crippen MR) is 104 cm³/mol. The van der Waals surface area contributed by atoms with E-state index in [-0.39, 0.29) is 5.56 Å². The molecule has 4 rings (SSSR count). The summed E-state index contributed by atoms with van der Waals surface area (Å²) in [7, 11) is 0. The van der Waals surface area contributed by atoms with E-state index in [1.807, 2.05) is 41.8 Å². The summed E-state index contributed by atoms with van der Waals surface area (Å²) in [5.74, 6) is 1.64. The third-order valence-electron chi connectivity index (χ3n) is 4.76. The van der Waals surface area contributed by atoms with Crippen LogP contribution in [-0.4, -0.2) is 52.1 Å². The number of nitrogens with zero attached hydrogens (tertiary/aromatic N) is 5. The van der Waals surface area contributed by atoms with E-state index in [4.69, 9.17) is 9.72 Å². The van der Waals surface area contributed by atoms with Crippen LogP contribution >= 0.6 is 0 Å². The van der Waals surface area contributed by atoms with Crippen LogP contribution in [0.3, 0.4) is 0 Å². The van der Waals surface area contributed by atoms with Crippen molar-refractivity contribution in [2.24, 2.45) is 0 Å². The van der Waals surface area contributed by atoms with Crippen molar-refractivity contribution >= 4 is 17.0 Å². The van der Waals surface area contributed by atoms with Gasteiger partial charge in [-0.05, 0) is 19.1 Å². The summed E-state index contributed by atoms with van der Waals surface area (Å²) in [6, 6.07) is 9.57. The van der Waals surface area contributed by atoms with Gasteiger partial charge in [0, 0.05) is 32.7 Å². The number of aromatic nitrogens is 4. The molecule has 3 heterocycles. The first-order chi connectivity index (χ1) is 13.3. The lowest BCUT2D eigenvalue weighted by Crippen LogP contribution is -2.44. The molecule has 27 heavy (non-hydrogen) atoms. The Morgan fingerprint density at radius 3 is 2.70 bits per heavy atom. The second kappa shape index (κ2) is 7.79. The van der Waals surface area contributed by atoms with Crippen molar-refractivity contribution in [3.8, 4) is 5.75 Å². The largest absolute Gasteiger partial charge is 0.492 e. The molecule has 2 aromatic heterocycles. The normalized spacial score (nSPS) is 14.6. The van der Waals surface area contributed by atoms with Gasteiger partial charge in [0.1, 0.15) is 23.4 Å². The Morgan fingerprint density at radius 2 is 1.96 bits per heavy atom. The molecule has 8 heteroatoms. The number of benzene rings is 1. The van der Waals surface area contributed by atoms with Crippen LogP contribution in [0, 0.1) is 0 Å². The number of para-hydroxylation sites is 1. The lowest BCUT2D eigenvalue weighted by Gasteiger charge is -2.28. The summed E-state index contributed by atoms with van der Waals surface area (Å²) >= 11 is 0. The minimum Gasteiger partial charge on any atom is -0.492 e. The highest BCUT2D eigenvalue weighted by molar-refractivity contribution is 5.77. The van der Waals surface area contributed by atoms with Gasteiger partial charge >= 0.3 is 0 Å². The molecule has 1 N–H and O–H groups in total. The molecule has 1 fully saturated rings. The van der Waals surface area contributed by atoms with Crippen molar-refractivity contribution in [3.05, 3.63) is 46.9 Å². The average Bonchev–Trinajstić information content (AvgIpc) is 3.11. The van der Waals surface area contributed by atoms with Crippen LogP contribution in [0.1, 0.15) is 6.92 Å². The van der Waals surface area contributed by atoms with Gasteiger partial charge in [-0.1, -0.05) is 18.2 Å². The molecule has 3 aromatic rings. The van der Waals surface area contributed by atoms with Gasteiger partial charge in [-0.3, -0.25) is 4.79 Å². The highest BCUT2D eigenvalue weighted by Crippen LogP contribution is 2.20. The molecular formula is C19H24N6O2. The standard InChI is InChI=1S/C19H24N6O2/c1-2-24-17-16(22-19(24)23-10-8-20-9-11-23)14-21-25(18(17)26)12-13-27-15-6-4-3-5-7-15/h3-7,14,20H,2,8-13H2,1H3. The first-order valence-electron chi connectivity index (χ1n) is 9.38. The smallest absolute Gasteiger partial charge is 0.293 e. The Kier molecular flexibility index (Phi) is 5.06. The van der Waals surface area contributed by atoms with Crippen LogP contribution in [-0.2, 0) is 13.1 Å². The van der Waals surface area contributed by atoms with Crippen molar-refractivity contribution in [2.45, 2.75) is 20.0 Å². The molecule has 1 aromatic carbocycles. The molecule has 0 amide bonds. The summed E-state index contributed by atoms with van der Waals surface area (Å²) in [5, 5.41) is 7.63. The summed E-state index contributed by atoms with van der Waals surface area (Å²) in [6.07, 6.45) is 1.68. The van der Waals surface area contributed by atoms with Gasteiger partial charge in [-0.15, -0.1) is 0 Å². The number of nitrogens with one attached hydrogen (secondary N) is 1. The summed E-state index contributed by atoms with van der Waals surface area (Å²) < 4.78 is 9.15. The van der Waals surface area contributed by atoms with Crippen molar-refractivity contribution < 1.29 is 4.74 Å². The second-order valence-electron chi connectivity index (χ2n) is 6.46. The number of ether oxygens (including phenoxy) is 1. The molecule has 0 spiro atoms. The lowest BCUT2D eigenvalue weighted by atomic mass is 10.3. The third kappa shape index (κ3) is 3.52. The molecule has 0 bridgehead atoms. The Bertz CT molecular complexity index is 959. The Labute approximate surface area is 157 Å². The van der Waals surface area contributed by atoms with E-state index in [1.165, 1.54) is 4.68 Å². The highest BCUT2D eigenvalue weighted by atomic mass is 16.5. The number of rotatable bonds is 6. The Morgan fingerprint density at radius 1 is 1.19 bits per heavy atom.